The second kappa shape index (κ2) is 5.85. The summed E-state index contributed by atoms with van der Waals surface area (Å²) in [6.07, 6.45) is 0. The number of rotatable bonds is 3. The number of carbonyl (C=O) groups excluding carboxylic acids is 1. The highest BCUT2D eigenvalue weighted by molar-refractivity contribution is 5.83. The monoisotopic (exact) mass is 260 g/mol. The van der Waals surface area contributed by atoms with Crippen LogP contribution in [0.4, 0.5) is 0 Å². The molecule has 19 heavy (non-hydrogen) atoms. The van der Waals surface area contributed by atoms with Crippen LogP contribution in [0.3, 0.4) is 0 Å². The minimum absolute atomic E-state index is 0.0820. The van der Waals surface area contributed by atoms with Gasteiger partial charge in [0.05, 0.1) is 6.04 Å². The molecule has 0 saturated carbocycles. The maximum atomic E-state index is 12.1. The molecule has 1 heterocycles. The lowest BCUT2D eigenvalue weighted by Gasteiger charge is -2.34. The van der Waals surface area contributed by atoms with E-state index in [1.54, 1.807) is 6.92 Å². The number of hydrogen-bond acceptors (Lipinski definition) is 3. The van der Waals surface area contributed by atoms with Crippen LogP contribution in [0.2, 0.25) is 0 Å². The van der Waals surface area contributed by atoms with E-state index in [0.29, 0.717) is 0 Å². The summed E-state index contributed by atoms with van der Waals surface area (Å²) in [6.45, 7) is 11.9. The standard InChI is InChI=1S/C16H24N2O/c1-11-5-6-15(13(3)12(11)2)16(14(4)19)18-9-7-17-8-10-18/h5-6,16-17H,7-10H2,1-4H3. The molecule has 1 fully saturated rings. The van der Waals surface area contributed by atoms with Gasteiger partial charge < -0.3 is 5.32 Å². The van der Waals surface area contributed by atoms with Gasteiger partial charge in [0, 0.05) is 26.2 Å². The van der Waals surface area contributed by atoms with Gasteiger partial charge in [0.1, 0.15) is 0 Å². The highest BCUT2D eigenvalue weighted by Gasteiger charge is 2.27. The van der Waals surface area contributed by atoms with Gasteiger partial charge in [0.25, 0.3) is 0 Å². The number of nitrogens with one attached hydrogen (secondary N) is 1. The average Bonchev–Trinajstić information content (AvgIpc) is 2.40. The molecule has 0 amide bonds. The third-order valence-corrected chi connectivity index (χ3v) is 4.30. The van der Waals surface area contributed by atoms with E-state index in [2.05, 4.69) is 43.1 Å². The third-order valence-electron chi connectivity index (χ3n) is 4.30. The lowest BCUT2D eigenvalue weighted by atomic mass is 9.91. The molecular formula is C16H24N2O. The molecule has 2 rings (SSSR count). The molecule has 1 saturated heterocycles. The second-order valence-corrected chi connectivity index (χ2v) is 5.52. The molecule has 1 aliphatic heterocycles. The molecule has 3 heteroatoms. The first-order valence-electron chi connectivity index (χ1n) is 7.04. The first kappa shape index (κ1) is 14.2. The summed E-state index contributed by atoms with van der Waals surface area (Å²) in [7, 11) is 0. The van der Waals surface area contributed by atoms with Crippen LogP contribution in [0, 0.1) is 20.8 Å². The molecule has 1 aromatic rings. The van der Waals surface area contributed by atoms with Crippen molar-refractivity contribution in [3.05, 3.63) is 34.4 Å². The average molecular weight is 260 g/mol. The van der Waals surface area contributed by atoms with Crippen LogP contribution in [-0.2, 0) is 4.79 Å². The van der Waals surface area contributed by atoms with Gasteiger partial charge in [-0.1, -0.05) is 12.1 Å². The Bertz CT molecular complexity index is 476. The lowest BCUT2D eigenvalue weighted by molar-refractivity contribution is -0.122. The fourth-order valence-corrected chi connectivity index (χ4v) is 2.89. The van der Waals surface area contributed by atoms with Crippen LogP contribution in [0.15, 0.2) is 12.1 Å². The van der Waals surface area contributed by atoms with E-state index >= 15 is 0 Å². The first-order chi connectivity index (χ1) is 9.02. The van der Waals surface area contributed by atoms with Crippen molar-refractivity contribution >= 4 is 5.78 Å². The van der Waals surface area contributed by atoms with Crippen molar-refractivity contribution in [3.8, 4) is 0 Å². The summed E-state index contributed by atoms with van der Waals surface area (Å²) in [6, 6.07) is 4.18. The van der Waals surface area contributed by atoms with Gasteiger partial charge in [0.15, 0.2) is 5.78 Å². The molecule has 1 N–H and O–H groups in total. The zero-order chi connectivity index (χ0) is 14.0. The zero-order valence-electron chi connectivity index (χ0n) is 12.4. The predicted molar refractivity (Wildman–Crippen MR) is 78.5 cm³/mol. The van der Waals surface area contributed by atoms with Crippen molar-refractivity contribution < 1.29 is 4.79 Å². The lowest BCUT2D eigenvalue weighted by Crippen LogP contribution is -2.47. The second-order valence-electron chi connectivity index (χ2n) is 5.52. The smallest absolute Gasteiger partial charge is 0.151 e. The van der Waals surface area contributed by atoms with Gasteiger partial charge in [-0.15, -0.1) is 0 Å². The fourth-order valence-electron chi connectivity index (χ4n) is 2.89. The molecule has 1 aromatic carbocycles. The van der Waals surface area contributed by atoms with Gasteiger partial charge in [-0.05, 0) is 49.9 Å². The summed E-state index contributed by atoms with van der Waals surface area (Å²) in [5, 5.41) is 3.34. The molecular weight excluding hydrogens is 236 g/mol. The highest BCUT2D eigenvalue weighted by Crippen LogP contribution is 2.28. The van der Waals surface area contributed by atoms with Crippen LogP contribution < -0.4 is 5.32 Å². The van der Waals surface area contributed by atoms with Gasteiger partial charge in [-0.25, -0.2) is 0 Å². The zero-order valence-corrected chi connectivity index (χ0v) is 12.4. The quantitative estimate of drug-likeness (QED) is 0.904. The molecule has 1 atom stereocenters. The molecule has 0 bridgehead atoms. The van der Waals surface area contributed by atoms with Gasteiger partial charge in [0.2, 0.25) is 0 Å². The summed E-state index contributed by atoms with van der Waals surface area (Å²) in [5.74, 6) is 0.244. The Morgan fingerprint density at radius 3 is 2.37 bits per heavy atom. The summed E-state index contributed by atoms with van der Waals surface area (Å²) in [4.78, 5) is 14.4. The number of ketones is 1. The summed E-state index contributed by atoms with van der Waals surface area (Å²) < 4.78 is 0. The van der Waals surface area contributed by atoms with Crippen molar-refractivity contribution in [1.82, 2.24) is 10.2 Å². The number of carbonyl (C=O) groups is 1. The maximum absolute atomic E-state index is 12.1. The van der Waals surface area contributed by atoms with E-state index in [1.807, 2.05) is 0 Å². The van der Waals surface area contributed by atoms with Gasteiger partial charge >= 0.3 is 0 Å². The number of piperazine rings is 1. The molecule has 0 radical (unpaired) electrons. The Labute approximate surface area is 116 Å². The normalized spacial score (nSPS) is 18.3. The summed E-state index contributed by atoms with van der Waals surface area (Å²) in [5.41, 5.74) is 5.04. The molecule has 1 aliphatic rings. The topological polar surface area (TPSA) is 32.3 Å². The molecule has 1 unspecified atom stereocenters. The molecule has 0 aromatic heterocycles. The van der Waals surface area contributed by atoms with Crippen LogP contribution in [-0.4, -0.2) is 36.9 Å². The predicted octanol–water partition coefficient (Wildman–Crippen LogP) is 2.15. The maximum Gasteiger partial charge on any atom is 0.151 e. The van der Waals surface area contributed by atoms with E-state index in [1.165, 1.54) is 22.3 Å². The van der Waals surface area contributed by atoms with Crippen molar-refractivity contribution in [2.45, 2.75) is 33.7 Å². The van der Waals surface area contributed by atoms with E-state index in [0.717, 1.165) is 26.2 Å². The van der Waals surface area contributed by atoms with E-state index in [4.69, 9.17) is 0 Å². The molecule has 0 aliphatic carbocycles. The molecule has 3 nitrogen and oxygen atoms in total. The Hall–Kier alpha value is -1.19. The van der Waals surface area contributed by atoms with Crippen LogP contribution >= 0.6 is 0 Å². The summed E-state index contributed by atoms with van der Waals surface area (Å²) >= 11 is 0. The van der Waals surface area contributed by atoms with Crippen LogP contribution in [0.5, 0.6) is 0 Å². The minimum Gasteiger partial charge on any atom is -0.314 e. The van der Waals surface area contributed by atoms with Gasteiger partial charge in [-0.3, -0.25) is 9.69 Å². The minimum atomic E-state index is -0.0820. The number of benzene rings is 1. The fraction of sp³-hybridized carbons (Fsp3) is 0.562. The van der Waals surface area contributed by atoms with Crippen molar-refractivity contribution in [2.75, 3.05) is 26.2 Å². The SMILES string of the molecule is CC(=O)C(c1ccc(C)c(C)c1C)N1CCNCC1. The number of aryl methyl sites for hydroxylation is 1. The Morgan fingerprint density at radius 1 is 1.16 bits per heavy atom. The third kappa shape index (κ3) is 2.88. The van der Waals surface area contributed by atoms with E-state index in [9.17, 15) is 4.79 Å². The number of Topliss-reactive ketones (excluding diaryl/α,β-unsaturated/α-hetero) is 1. The van der Waals surface area contributed by atoms with Crippen LogP contribution in [0.25, 0.3) is 0 Å². The number of nitrogens with zero attached hydrogens (tertiary/aromatic N) is 1. The Morgan fingerprint density at radius 2 is 1.79 bits per heavy atom. The van der Waals surface area contributed by atoms with Crippen molar-refractivity contribution in [1.29, 1.82) is 0 Å². The van der Waals surface area contributed by atoms with E-state index in [-0.39, 0.29) is 11.8 Å². The largest absolute Gasteiger partial charge is 0.314 e. The van der Waals surface area contributed by atoms with Crippen LogP contribution in [0.1, 0.15) is 35.2 Å². The van der Waals surface area contributed by atoms with Gasteiger partial charge in [-0.2, -0.15) is 0 Å². The first-order valence-corrected chi connectivity index (χ1v) is 7.04. The highest BCUT2D eigenvalue weighted by atomic mass is 16.1. The number of hydrogen-bond donors (Lipinski definition) is 1. The van der Waals surface area contributed by atoms with E-state index < -0.39 is 0 Å². The Balaban J connectivity index is 2.39. The molecule has 0 spiro atoms. The van der Waals surface area contributed by atoms with Crippen molar-refractivity contribution in [2.24, 2.45) is 0 Å². The molecule has 104 valence electrons. The van der Waals surface area contributed by atoms with Crippen molar-refractivity contribution in [3.63, 3.8) is 0 Å². The Kier molecular flexibility index (Phi) is 4.38.